The molecule has 0 spiro atoms. The van der Waals surface area contributed by atoms with Crippen LogP contribution in [0.3, 0.4) is 0 Å². The summed E-state index contributed by atoms with van der Waals surface area (Å²) < 4.78 is 27.7. The number of sulfonamides is 1. The molecule has 1 aromatic carbocycles. The van der Waals surface area contributed by atoms with Crippen LogP contribution in [0.25, 0.3) is 0 Å². The average Bonchev–Trinajstić information content (AvgIpc) is 3.05. The van der Waals surface area contributed by atoms with Gasteiger partial charge in [0.05, 0.1) is 5.75 Å². The Balaban J connectivity index is 1.62. The molecule has 23 heavy (non-hydrogen) atoms. The second kappa shape index (κ2) is 7.62. The van der Waals surface area contributed by atoms with Crippen molar-refractivity contribution in [2.45, 2.75) is 18.2 Å². The van der Waals surface area contributed by atoms with Crippen LogP contribution < -0.4 is 0 Å². The van der Waals surface area contributed by atoms with Crippen LogP contribution in [0.15, 0.2) is 22.7 Å². The van der Waals surface area contributed by atoms with E-state index in [1.165, 1.54) is 17.9 Å². The molecule has 2 saturated heterocycles. The fourth-order valence-corrected chi connectivity index (χ4v) is 6.89. The van der Waals surface area contributed by atoms with E-state index in [2.05, 4.69) is 20.8 Å². The van der Waals surface area contributed by atoms with Crippen molar-refractivity contribution < 1.29 is 8.42 Å². The van der Waals surface area contributed by atoms with Crippen LogP contribution in [0.1, 0.15) is 12.0 Å². The van der Waals surface area contributed by atoms with Gasteiger partial charge in [0.15, 0.2) is 0 Å². The van der Waals surface area contributed by atoms with Crippen molar-refractivity contribution in [3.8, 4) is 0 Å². The topological polar surface area (TPSA) is 40.6 Å². The number of benzene rings is 1. The Labute approximate surface area is 155 Å². The summed E-state index contributed by atoms with van der Waals surface area (Å²) in [6, 6.07) is 5.88. The molecule has 1 aromatic rings. The molecule has 4 nitrogen and oxygen atoms in total. The first-order valence-electron chi connectivity index (χ1n) is 7.69. The first kappa shape index (κ1) is 18.0. The van der Waals surface area contributed by atoms with Gasteiger partial charge in [-0.1, -0.05) is 33.6 Å². The largest absolute Gasteiger partial charge is 0.297 e. The van der Waals surface area contributed by atoms with E-state index in [0.717, 1.165) is 23.1 Å². The molecule has 0 aromatic heterocycles. The number of thioether (sulfide) groups is 1. The maximum absolute atomic E-state index is 12.7. The number of piperazine rings is 1. The molecule has 3 rings (SSSR count). The molecule has 2 heterocycles. The molecule has 8 heteroatoms. The third-order valence-electron chi connectivity index (χ3n) is 4.44. The van der Waals surface area contributed by atoms with Crippen LogP contribution in [0.2, 0.25) is 5.02 Å². The molecule has 0 aliphatic carbocycles. The van der Waals surface area contributed by atoms with Gasteiger partial charge in [-0.15, -0.1) is 0 Å². The Hall–Kier alpha value is 0.210. The van der Waals surface area contributed by atoms with Crippen LogP contribution in [-0.4, -0.2) is 61.3 Å². The highest BCUT2D eigenvalue weighted by atomic mass is 79.9. The van der Waals surface area contributed by atoms with Gasteiger partial charge in [-0.2, -0.15) is 16.1 Å². The first-order chi connectivity index (χ1) is 11.0. The number of halogens is 2. The van der Waals surface area contributed by atoms with E-state index in [0.29, 0.717) is 24.2 Å². The Morgan fingerprint density at radius 1 is 1.26 bits per heavy atom. The molecule has 1 atom stereocenters. The predicted molar refractivity (Wildman–Crippen MR) is 101 cm³/mol. The molecule has 1 unspecified atom stereocenters. The molecule has 2 aliphatic heterocycles. The van der Waals surface area contributed by atoms with Crippen LogP contribution >= 0.6 is 39.3 Å². The Bertz CT molecular complexity index is 657. The number of hydrogen-bond acceptors (Lipinski definition) is 4. The summed E-state index contributed by atoms with van der Waals surface area (Å²) in [5.41, 5.74) is 0.754. The van der Waals surface area contributed by atoms with Gasteiger partial charge in [-0.05, 0) is 29.9 Å². The number of rotatable bonds is 4. The van der Waals surface area contributed by atoms with Gasteiger partial charge in [0.25, 0.3) is 0 Å². The van der Waals surface area contributed by atoms with Crippen molar-refractivity contribution >= 4 is 49.3 Å². The van der Waals surface area contributed by atoms with Gasteiger partial charge < -0.3 is 0 Å². The lowest BCUT2D eigenvalue weighted by Gasteiger charge is -2.37. The second-order valence-corrected chi connectivity index (χ2v) is 10.4. The van der Waals surface area contributed by atoms with Gasteiger partial charge in [0.1, 0.15) is 0 Å². The molecule has 0 bridgehead atoms. The zero-order valence-electron chi connectivity index (χ0n) is 12.7. The predicted octanol–water partition coefficient (Wildman–Crippen LogP) is 3.06. The summed E-state index contributed by atoms with van der Waals surface area (Å²) in [4.78, 5) is 2.45. The molecule has 2 aliphatic rings. The van der Waals surface area contributed by atoms with Crippen molar-refractivity contribution in [1.29, 1.82) is 0 Å². The standard InChI is InChI=1S/C15H20BrClN2O2S2/c16-15-9-13(17)2-1-12(15)11-23(20,21)19-6-4-18(5-7-19)14-3-8-22-10-14/h1-2,9,14H,3-8,10-11H2. The lowest BCUT2D eigenvalue weighted by molar-refractivity contribution is 0.148. The van der Waals surface area contributed by atoms with E-state index in [1.807, 2.05) is 11.8 Å². The summed E-state index contributed by atoms with van der Waals surface area (Å²) >= 11 is 11.3. The second-order valence-electron chi connectivity index (χ2n) is 5.94. The van der Waals surface area contributed by atoms with Gasteiger partial charge in [-0.25, -0.2) is 8.42 Å². The van der Waals surface area contributed by atoms with Gasteiger partial charge >= 0.3 is 0 Å². The van der Waals surface area contributed by atoms with Gasteiger partial charge in [0, 0.05) is 47.5 Å². The highest BCUT2D eigenvalue weighted by Crippen LogP contribution is 2.26. The van der Waals surface area contributed by atoms with Crippen molar-refractivity contribution in [2.75, 3.05) is 37.7 Å². The normalized spacial score (nSPS) is 24.2. The van der Waals surface area contributed by atoms with E-state index >= 15 is 0 Å². The molecule has 128 valence electrons. The van der Waals surface area contributed by atoms with E-state index in [-0.39, 0.29) is 5.75 Å². The van der Waals surface area contributed by atoms with E-state index < -0.39 is 10.0 Å². The summed E-state index contributed by atoms with van der Waals surface area (Å²) in [6.45, 7) is 2.86. The van der Waals surface area contributed by atoms with Crippen molar-refractivity contribution in [3.63, 3.8) is 0 Å². The molecular weight excluding hydrogens is 420 g/mol. The summed E-state index contributed by atoms with van der Waals surface area (Å²) in [7, 11) is -3.29. The molecule has 0 radical (unpaired) electrons. The van der Waals surface area contributed by atoms with Crippen LogP contribution in [0.5, 0.6) is 0 Å². The van der Waals surface area contributed by atoms with Crippen molar-refractivity contribution in [1.82, 2.24) is 9.21 Å². The monoisotopic (exact) mass is 438 g/mol. The third kappa shape index (κ3) is 4.44. The van der Waals surface area contributed by atoms with Crippen LogP contribution in [0, 0.1) is 0 Å². The highest BCUT2D eigenvalue weighted by Gasteiger charge is 2.31. The quantitative estimate of drug-likeness (QED) is 0.723. The fourth-order valence-electron chi connectivity index (χ4n) is 3.08. The van der Waals surface area contributed by atoms with Crippen molar-refractivity contribution in [2.24, 2.45) is 0 Å². The lowest BCUT2D eigenvalue weighted by Crippen LogP contribution is -2.52. The van der Waals surface area contributed by atoms with E-state index in [4.69, 9.17) is 11.6 Å². The van der Waals surface area contributed by atoms with Crippen molar-refractivity contribution in [3.05, 3.63) is 33.3 Å². The zero-order valence-corrected chi connectivity index (χ0v) is 16.7. The van der Waals surface area contributed by atoms with E-state index in [1.54, 1.807) is 22.5 Å². The Morgan fingerprint density at radius 3 is 2.61 bits per heavy atom. The van der Waals surface area contributed by atoms with Gasteiger partial charge in [0.2, 0.25) is 10.0 Å². The maximum atomic E-state index is 12.7. The lowest BCUT2D eigenvalue weighted by atomic mass is 10.2. The molecular formula is C15H20BrClN2O2S2. The summed E-state index contributed by atoms with van der Waals surface area (Å²) in [5, 5.41) is 0.598. The number of hydrogen-bond donors (Lipinski definition) is 0. The summed E-state index contributed by atoms with van der Waals surface area (Å²) in [5.74, 6) is 2.43. The molecule has 2 fully saturated rings. The average molecular weight is 440 g/mol. The van der Waals surface area contributed by atoms with Crippen LogP contribution in [-0.2, 0) is 15.8 Å². The minimum atomic E-state index is -3.29. The van der Waals surface area contributed by atoms with E-state index in [9.17, 15) is 8.42 Å². The fraction of sp³-hybridized carbons (Fsp3) is 0.600. The third-order valence-corrected chi connectivity index (χ3v) is 8.39. The molecule has 0 saturated carbocycles. The summed E-state index contributed by atoms with van der Waals surface area (Å²) in [6.07, 6.45) is 1.23. The molecule has 0 amide bonds. The first-order valence-corrected chi connectivity index (χ1v) is 11.6. The Kier molecular flexibility index (Phi) is 5.97. The Morgan fingerprint density at radius 2 is 2.00 bits per heavy atom. The number of nitrogens with zero attached hydrogens (tertiary/aromatic N) is 2. The van der Waals surface area contributed by atoms with Crippen LogP contribution in [0.4, 0.5) is 0 Å². The smallest absolute Gasteiger partial charge is 0.218 e. The zero-order chi connectivity index (χ0) is 16.4. The SMILES string of the molecule is O=S(=O)(Cc1ccc(Cl)cc1Br)N1CCN(C2CCSC2)CC1. The molecule has 0 N–H and O–H groups in total. The van der Waals surface area contributed by atoms with Gasteiger partial charge in [-0.3, -0.25) is 4.90 Å². The maximum Gasteiger partial charge on any atom is 0.218 e. The minimum absolute atomic E-state index is 0.0179. The highest BCUT2D eigenvalue weighted by molar-refractivity contribution is 9.10. The minimum Gasteiger partial charge on any atom is -0.297 e.